The Morgan fingerprint density at radius 1 is 0.958 bits per heavy atom. The monoisotopic (exact) mass is 340 g/mol. The van der Waals surface area contributed by atoms with Crippen LogP contribution < -0.4 is 5.32 Å². The Bertz CT molecular complexity index is 306. The molecule has 0 rings (SSSR count). The third kappa shape index (κ3) is 17.5. The van der Waals surface area contributed by atoms with E-state index >= 15 is 0 Å². The predicted octanol–water partition coefficient (Wildman–Crippen LogP) is 3.89. The molecule has 1 amide bonds. The Kier molecular flexibility index (Phi) is 17.8. The minimum absolute atomic E-state index is 0.187. The van der Waals surface area contributed by atoms with Crippen LogP contribution >= 0.6 is 0 Å². The summed E-state index contributed by atoms with van der Waals surface area (Å²) in [4.78, 5) is 14.0. The molecule has 24 heavy (non-hydrogen) atoms. The van der Waals surface area contributed by atoms with Crippen molar-refractivity contribution in [1.82, 2.24) is 10.2 Å². The Morgan fingerprint density at radius 2 is 1.62 bits per heavy atom. The maximum atomic E-state index is 11.7. The molecule has 0 spiro atoms. The lowest BCUT2D eigenvalue weighted by molar-refractivity contribution is -0.121. The van der Waals surface area contributed by atoms with Gasteiger partial charge >= 0.3 is 0 Å². The fourth-order valence-corrected chi connectivity index (χ4v) is 2.68. The van der Waals surface area contributed by atoms with Gasteiger partial charge in [0, 0.05) is 26.1 Å². The molecule has 0 atom stereocenters. The summed E-state index contributed by atoms with van der Waals surface area (Å²) in [6.07, 6.45) is 16.5. The molecule has 0 aromatic carbocycles. The summed E-state index contributed by atoms with van der Waals surface area (Å²) in [5.41, 5.74) is 0. The summed E-state index contributed by atoms with van der Waals surface area (Å²) < 4.78 is 0. The van der Waals surface area contributed by atoms with Gasteiger partial charge in [-0.25, -0.2) is 0 Å². The third-order valence-electron chi connectivity index (χ3n) is 4.27. The molecule has 2 N–H and O–H groups in total. The van der Waals surface area contributed by atoms with Crippen molar-refractivity contribution in [2.75, 3.05) is 33.3 Å². The zero-order chi connectivity index (χ0) is 17.9. The molecule has 0 radical (unpaired) electrons. The average molecular weight is 341 g/mol. The second-order valence-corrected chi connectivity index (χ2v) is 6.67. The lowest BCUT2D eigenvalue weighted by atomic mass is 10.1. The van der Waals surface area contributed by atoms with Gasteiger partial charge in [0.05, 0.1) is 0 Å². The average Bonchev–Trinajstić information content (AvgIpc) is 2.57. The highest BCUT2D eigenvalue weighted by Gasteiger charge is 2.02. The maximum Gasteiger partial charge on any atom is 0.220 e. The summed E-state index contributed by atoms with van der Waals surface area (Å²) >= 11 is 0. The van der Waals surface area contributed by atoms with E-state index in [1.807, 2.05) is 6.92 Å². The molecule has 0 aromatic rings. The van der Waals surface area contributed by atoms with Crippen molar-refractivity contribution in [2.45, 2.75) is 77.6 Å². The summed E-state index contributed by atoms with van der Waals surface area (Å²) in [6.45, 7) is 5.15. The predicted molar refractivity (Wildman–Crippen MR) is 103 cm³/mol. The molecule has 142 valence electrons. The number of likely N-dealkylation sites (N-methyl/N-ethyl adjacent to an activating group) is 1. The molecular weight excluding hydrogens is 300 g/mol. The largest absolute Gasteiger partial charge is 0.396 e. The number of nitrogens with one attached hydrogen (secondary N) is 1. The number of amides is 1. The molecule has 0 heterocycles. The second kappa shape index (κ2) is 18.5. The van der Waals surface area contributed by atoms with Crippen molar-refractivity contribution >= 4 is 5.91 Å². The summed E-state index contributed by atoms with van der Waals surface area (Å²) in [7, 11) is 2.13. The van der Waals surface area contributed by atoms with Crippen LogP contribution in [-0.4, -0.2) is 49.2 Å². The summed E-state index contributed by atoms with van der Waals surface area (Å²) in [5.74, 6) is 0.187. The van der Waals surface area contributed by atoms with Crippen LogP contribution in [0, 0.1) is 0 Å². The number of carbonyl (C=O) groups is 1. The number of hydrogen-bond acceptors (Lipinski definition) is 3. The molecule has 4 heteroatoms. The quantitative estimate of drug-likeness (QED) is 0.312. The van der Waals surface area contributed by atoms with Crippen LogP contribution in [0.1, 0.15) is 77.6 Å². The molecule has 0 aliphatic carbocycles. The number of carbonyl (C=O) groups excluding carboxylic acids is 1. The normalized spacial score (nSPS) is 11.5. The van der Waals surface area contributed by atoms with Crippen LogP contribution in [-0.2, 0) is 4.79 Å². The lowest BCUT2D eigenvalue weighted by Gasteiger charge is -2.16. The van der Waals surface area contributed by atoms with E-state index in [-0.39, 0.29) is 5.91 Å². The van der Waals surface area contributed by atoms with Crippen LogP contribution in [0.3, 0.4) is 0 Å². The first kappa shape index (κ1) is 23.1. The van der Waals surface area contributed by atoms with E-state index in [2.05, 4.69) is 29.4 Å². The van der Waals surface area contributed by atoms with Gasteiger partial charge < -0.3 is 15.3 Å². The van der Waals surface area contributed by atoms with Crippen molar-refractivity contribution in [3.05, 3.63) is 12.2 Å². The molecule has 0 aromatic heterocycles. The number of allylic oxidation sites excluding steroid dienone is 2. The molecule has 0 saturated heterocycles. The fourth-order valence-electron chi connectivity index (χ4n) is 2.68. The molecule has 0 aliphatic heterocycles. The van der Waals surface area contributed by atoms with Crippen molar-refractivity contribution < 1.29 is 9.90 Å². The van der Waals surface area contributed by atoms with Crippen LogP contribution in [0.2, 0.25) is 0 Å². The van der Waals surface area contributed by atoms with E-state index in [4.69, 9.17) is 5.11 Å². The Balaban J connectivity index is 3.33. The molecule has 0 unspecified atom stereocenters. The van der Waals surface area contributed by atoms with Crippen molar-refractivity contribution in [1.29, 1.82) is 0 Å². The van der Waals surface area contributed by atoms with Gasteiger partial charge in [0.1, 0.15) is 0 Å². The first-order chi connectivity index (χ1) is 11.7. The van der Waals surface area contributed by atoms with E-state index in [9.17, 15) is 4.79 Å². The van der Waals surface area contributed by atoms with Gasteiger partial charge in [-0.1, -0.05) is 44.3 Å². The van der Waals surface area contributed by atoms with Crippen molar-refractivity contribution in [3.63, 3.8) is 0 Å². The first-order valence-electron chi connectivity index (χ1n) is 9.88. The zero-order valence-corrected chi connectivity index (χ0v) is 16.1. The minimum atomic E-state index is 0.187. The van der Waals surface area contributed by atoms with Gasteiger partial charge in [0.2, 0.25) is 5.91 Å². The highest BCUT2D eigenvalue weighted by molar-refractivity contribution is 5.75. The van der Waals surface area contributed by atoms with E-state index in [1.165, 1.54) is 32.1 Å². The lowest BCUT2D eigenvalue weighted by Crippen LogP contribution is -2.33. The topological polar surface area (TPSA) is 52.6 Å². The van der Waals surface area contributed by atoms with Gasteiger partial charge in [0.15, 0.2) is 0 Å². The van der Waals surface area contributed by atoms with Crippen molar-refractivity contribution in [2.24, 2.45) is 0 Å². The number of rotatable bonds is 17. The van der Waals surface area contributed by atoms with Gasteiger partial charge in [0.25, 0.3) is 0 Å². The standard InChI is InChI=1S/C20H40N2O2/c1-3-4-5-9-12-15-20(24)21-16-18-22(2)17-13-10-7-6-8-11-14-19-23/h3-4,23H,5-19H2,1-2H3,(H,21,24)/b4-3+. The van der Waals surface area contributed by atoms with E-state index < -0.39 is 0 Å². The summed E-state index contributed by atoms with van der Waals surface area (Å²) in [5, 5.41) is 11.7. The smallest absolute Gasteiger partial charge is 0.220 e. The number of aliphatic hydroxyl groups excluding tert-OH is 1. The zero-order valence-electron chi connectivity index (χ0n) is 16.1. The number of aliphatic hydroxyl groups is 1. The molecular formula is C20H40N2O2. The third-order valence-corrected chi connectivity index (χ3v) is 4.27. The Morgan fingerprint density at radius 3 is 2.29 bits per heavy atom. The Hall–Kier alpha value is -0.870. The SMILES string of the molecule is C/C=C/CCCCC(=O)NCCN(C)CCCCCCCCCO. The fraction of sp³-hybridized carbons (Fsp3) is 0.850. The second-order valence-electron chi connectivity index (χ2n) is 6.67. The molecule has 0 saturated carbocycles. The molecule has 0 bridgehead atoms. The van der Waals surface area contributed by atoms with E-state index in [0.29, 0.717) is 13.0 Å². The van der Waals surface area contributed by atoms with Crippen LogP contribution in [0.25, 0.3) is 0 Å². The molecule has 0 aliphatic rings. The first-order valence-corrected chi connectivity index (χ1v) is 9.88. The molecule has 4 nitrogen and oxygen atoms in total. The minimum Gasteiger partial charge on any atom is -0.396 e. The number of hydrogen-bond donors (Lipinski definition) is 2. The van der Waals surface area contributed by atoms with Gasteiger partial charge in [-0.3, -0.25) is 4.79 Å². The van der Waals surface area contributed by atoms with Crippen LogP contribution in [0.15, 0.2) is 12.2 Å². The van der Waals surface area contributed by atoms with E-state index in [0.717, 1.165) is 51.7 Å². The summed E-state index contributed by atoms with van der Waals surface area (Å²) in [6, 6.07) is 0. The highest BCUT2D eigenvalue weighted by Crippen LogP contribution is 2.07. The van der Waals surface area contributed by atoms with Gasteiger partial charge in [-0.2, -0.15) is 0 Å². The van der Waals surface area contributed by atoms with E-state index in [1.54, 1.807) is 0 Å². The van der Waals surface area contributed by atoms with Crippen molar-refractivity contribution in [3.8, 4) is 0 Å². The number of nitrogens with zero attached hydrogens (tertiary/aromatic N) is 1. The van der Waals surface area contributed by atoms with Crippen LogP contribution in [0.5, 0.6) is 0 Å². The molecule has 0 fully saturated rings. The maximum absolute atomic E-state index is 11.7. The van der Waals surface area contributed by atoms with Gasteiger partial charge in [-0.15, -0.1) is 0 Å². The van der Waals surface area contributed by atoms with Gasteiger partial charge in [-0.05, 0) is 52.6 Å². The van der Waals surface area contributed by atoms with Crippen LogP contribution in [0.4, 0.5) is 0 Å². The number of unbranched alkanes of at least 4 members (excludes halogenated alkanes) is 8. The highest BCUT2D eigenvalue weighted by atomic mass is 16.2. The Labute approximate surface area is 149 Å².